The first kappa shape index (κ1) is 35.0. The molecular weight excluding hydrogens is 610 g/mol. The van der Waals surface area contributed by atoms with Crippen molar-refractivity contribution in [2.24, 2.45) is 11.8 Å². The summed E-state index contributed by atoms with van der Waals surface area (Å²) in [6.07, 6.45) is 5.96. The van der Waals surface area contributed by atoms with Crippen LogP contribution in [0.3, 0.4) is 0 Å². The van der Waals surface area contributed by atoms with Crippen LogP contribution in [0.1, 0.15) is 68.7 Å². The molecule has 2 bridgehead atoms. The maximum atomic E-state index is 14.7. The van der Waals surface area contributed by atoms with Gasteiger partial charge in [0, 0.05) is 19.5 Å². The maximum absolute atomic E-state index is 14.7. The Balaban J connectivity index is 1.49. The van der Waals surface area contributed by atoms with Gasteiger partial charge in [0.2, 0.25) is 17.7 Å². The summed E-state index contributed by atoms with van der Waals surface area (Å²) in [5.74, 6) is -3.29. The third kappa shape index (κ3) is 6.82. The van der Waals surface area contributed by atoms with Crippen molar-refractivity contribution in [3.05, 3.63) is 97.1 Å². The van der Waals surface area contributed by atoms with Gasteiger partial charge < -0.3 is 29.7 Å². The molecule has 3 saturated heterocycles. The molecule has 2 aromatic rings. The number of likely N-dealkylation sites (tertiary alicyclic amines) is 1. The average molecular weight is 658 g/mol. The maximum Gasteiger partial charge on any atom is 0.306 e. The highest BCUT2D eigenvalue weighted by Crippen LogP contribution is 2.60. The highest BCUT2D eigenvalue weighted by atomic mass is 16.5. The number of nitrogens with one attached hydrogen (secondary N) is 1. The minimum atomic E-state index is -1.24. The predicted molar refractivity (Wildman–Crippen MR) is 180 cm³/mol. The number of carbonyl (C=O) groups excluding carboxylic acids is 4. The van der Waals surface area contributed by atoms with Gasteiger partial charge in [-0.2, -0.15) is 0 Å². The Morgan fingerprint density at radius 3 is 2.42 bits per heavy atom. The van der Waals surface area contributed by atoms with Crippen molar-refractivity contribution in [3.63, 3.8) is 0 Å². The number of unbranched alkanes of at least 4 members (excludes halogenated alkanes) is 1. The Morgan fingerprint density at radius 1 is 1.10 bits per heavy atom. The molecule has 7 atom stereocenters. The zero-order valence-corrected chi connectivity index (χ0v) is 27.7. The number of esters is 1. The quantitative estimate of drug-likeness (QED) is 0.192. The van der Waals surface area contributed by atoms with Crippen LogP contribution in [0.2, 0.25) is 0 Å². The van der Waals surface area contributed by atoms with Gasteiger partial charge in [0.05, 0.1) is 36.6 Å². The van der Waals surface area contributed by atoms with Crippen LogP contribution in [0.4, 0.5) is 0 Å². The highest BCUT2D eigenvalue weighted by molar-refractivity contribution is 5.99. The Labute approximate surface area is 282 Å². The predicted octanol–water partition coefficient (Wildman–Crippen LogP) is 4.28. The van der Waals surface area contributed by atoms with E-state index in [1.807, 2.05) is 67.6 Å². The van der Waals surface area contributed by atoms with Crippen LogP contribution in [0.5, 0.6) is 0 Å². The van der Waals surface area contributed by atoms with E-state index in [1.54, 1.807) is 17.1 Å². The van der Waals surface area contributed by atoms with Crippen molar-refractivity contribution in [1.29, 1.82) is 0 Å². The largest absolute Gasteiger partial charge is 0.463 e. The summed E-state index contributed by atoms with van der Waals surface area (Å²) in [4.78, 5) is 59.2. The summed E-state index contributed by atoms with van der Waals surface area (Å²) in [5, 5.41) is 13.8. The Kier molecular flexibility index (Phi) is 11.5. The van der Waals surface area contributed by atoms with E-state index in [-0.39, 0.29) is 24.8 Å². The summed E-state index contributed by atoms with van der Waals surface area (Å²) < 4.78 is 12.2. The third-order valence-electron chi connectivity index (χ3n) is 9.89. The van der Waals surface area contributed by atoms with Crippen molar-refractivity contribution in [2.75, 3.05) is 26.3 Å². The van der Waals surface area contributed by atoms with Crippen LogP contribution >= 0.6 is 0 Å². The normalized spacial score (nSPS) is 25.2. The van der Waals surface area contributed by atoms with E-state index in [1.165, 1.54) is 4.90 Å². The first-order valence-corrected chi connectivity index (χ1v) is 17.0. The standard InChI is InChI=1S/C38H47N3O7/c1-4-7-19-31(43)47-25-28(26-15-11-9-12-16-26)39-35(44)32-30-20-21-38(48-30)33(32)36(45)41(29(24-42)27-17-13-10-14-18-27)34(38)37(46)40(22-6-3)23-8-5-2/h4,6,9-18,28-30,32-34,42H,1,3,5,7-8,19-25H2,2H3,(H,39,44)/t28-,29-,30+,32-,33-,34+,38-/m1/s1. The Bertz CT molecular complexity index is 1470. The summed E-state index contributed by atoms with van der Waals surface area (Å²) in [5.41, 5.74) is 0.187. The van der Waals surface area contributed by atoms with Gasteiger partial charge in [-0.25, -0.2) is 0 Å². The second-order valence-electron chi connectivity index (χ2n) is 12.8. The number of rotatable bonds is 17. The molecular formula is C38H47N3O7. The van der Waals surface area contributed by atoms with Gasteiger partial charge in [-0.05, 0) is 36.8 Å². The van der Waals surface area contributed by atoms with Crippen molar-refractivity contribution in [3.8, 4) is 0 Å². The number of fused-ring (bicyclic) bond motifs is 1. The lowest BCUT2D eigenvalue weighted by atomic mass is 9.70. The van der Waals surface area contributed by atoms with Crippen molar-refractivity contribution >= 4 is 23.7 Å². The van der Waals surface area contributed by atoms with Crippen LogP contribution in [-0.2, 0) is 28.7 Å². The summed E-state index contributed by atoms with van der Waals surface area (Å²) in [6.45, 7) is 9.83. The number of amides is 3. The van der Waals surface area contributed by atoms with Crippen LogP contribution < -0.4 is 5.32 Å². The molecule has 3 amide bonds. The van der Waals surface area contributed by atoms with Gasteiger partial charge in [-0.3, -0.25) is 19.2 Å². The number of ether oxygens (including phenoxy) is 2. The average Bonchev–Trinajstić information content (AvgIpc) is 3.76. The van der Waals surface area contributed by atoms with Gasteiger partial charge in [0.1, 0.15) is 18.2 Å². The molecule has 3 heterocycles. The lowest BCUT2D eigenvalue weighted by Crippen LogP contribution is -2.57. The smallest absolute Gasteiger partial charge is 0.306 e. The van der Waals surface area contributed by atoms with E-state index in [2.05, 4.69) is 18.5 Å². The molecule has 1 spiro atoms. The van der Waals surface area contributed by atoms with Crippen molar-refractivity contribution in [1.82, 2.24) is 15.1 Å². The van der Waals surface area contributed by atoms with Gasteiger partial charge in [-0.15, -0.1) is 13.2 Å². The molecule has 0 unspecified atom stereocenters. The first-order valence-electron chi connectivity index (χ1n) is 17.0. The summed E-state index contributed by atoms with van der Waals surface area (Å²) >= 11 is 0. The van der Waals surface area contributed by atoms with Gasteiger partial charge in [0.25, 0.3) is 0 Å². The molecule has 5 rings (SSSR count). The van der Waals surface area contributed by atoms with E-state index >= 15 is 0 Å². The SMILES string of the molecule is C=CCCC(=O)OC[C@@H](NC(=O)[C@@H]1[C@@H]2CC[C@]3(O2)[C@H](C(=O)N(CC=C)CCCC)N([C@H](CO)c2ccccc2)C(=O)[C@@H]13)c1ccccc1. The number of aliphatic hydroxyl groups is 1. The molecule has 10 nitrogen and oxygen atoms in total. The number of benzene rings is 2. The van der Waals surface area contributed by atoms with E-state index < -0.39 is 60.1 Å². The molecule has 0 aromatic heterocycles. The van der Waals surface area contributed by atoms with Gasteiger partial charge in [0.15, 0.2) is 0 Å². The molecule has 10 heteroatoms. The number of hydrogen-bond donors (Lipinski definition) is 2. The Morgan fingerprint density at radius 2 is 1.79 bits per heavy atom. The van der Waals surface area contributed by atoms with Crippen LogP contribution in [0, 0.1) is 11.8 Å². The molecule has 3 fully saturated rings. The minimum absolute atomic E-state index is 0.0878. The molecule has 0 aliphatic carbocycles. The lowest BCUT2D eigenvalue weighted by Gasteiger charge is -2.39. The fraction of sp³-hybridized carbons (Fsp3) is 0.474. The molecule has 2 aromatic carbocycles. The zero-order chi connectivity index (χ0) is 34.3. The second kappa shape index (κ2) is 15.7. The molecule has 0 saturated carbocycles. The number of nitrogens with zero attached hydrogens (tertiary/aromatic N) is 2. The first-order chi connectivity index (χ1) is 23.3. The number of hydrogen-bond acceptors (Lipinski definition) is 7. The van der Waals surface area contributed by atoms with Crippen LogP contribution in [0.15, 0.2) is 86.0 Å². The van der Waals surface area contributed by atoms with E-state index in [4.69, 9.17) is 9.47 Å². The molecule has 48 heavy (non-hydrogen) atoms. The number of carbonyl (C=O) groups is 4. The van der Waals surface area contributed by atoms with E-state index in [0.717, 1.165) is 18.4 Å². The van der Waals surface area contributed by atoms with Crippen molar-refractivity contribution in [2.45, 2.75) is 75.3 Å². The molecule has 256 valence electrons. The summed E-state index contributed by atoms with van der Waals surface area (Å²) in [7, 11) is 0. The van der Waals surface area contributed by atoms with Crippen LogP contribution in [0.25, 0.3) is 0 Å². The van der Waals surface area contributed by atoms with Crippen molar-refractivity contribution < 1.29 is 33.8 Å². The number of aliphatic hydroxyl groups excluding tert-OH is 1. The van der Waals surface area contributed by atoms with Crippen LogP contribution in [-0.4, -0.2) is 82.6 Å². The summed E-state index contributed by atoms with van der Waals surface area (Å²) in [6, 6.07) is 15.8. The zero-order valence-electron chi connectivity index (χ0n) is 27.7. The molecule has 3 aliphatic heterocycles. The van der Waals surface area contributed by atoms with Gasteiger partial charge >= 0.3 is 5.97 Å². The van der Waals surface area contributed by atoms with Gasteiger partial charge in [-0.1, -0.05) is 86.2 Å². The fourth-order valence-corrected chi connectivity index (χ4v) is 7.65. The molecule has 0 radical (unpaired) electrons. The number of allylic oxidation sites excluding steroid dienone is 1. The fourth-order valence-electron chi connectivity index (χ4n) is 7.65. The Hall–Kier alpha value is -4.28. The van der Waals surface area contributed by atoms with E-state index in [9.17, 15) is 24.3 Å². The topological polar surface area (TPSA) is 125 Å². The monoisotopic (exact) mass is 657 g/mol. The molecule has 3 aliphatic rings. The highest BCUT2D eigenvalue weighted by Gasteiger charge is 2.75. The van der Waals surface area contributed by atoms with E-state index in [0.29, 0.717) is 37.9 Å². The molecule has 2 N–H and O–H groups in total. The minimum Gasteiger partial charge on any atom is -0.463 e. The third-order valence-corrected chi connectivity index (χ3v) is 9.89. The lowest BCUT2D eigenvalue weighted by molar-refractivity contribution is -0.151. The second-order valence-corrected chi connectivity index (χ2v) is 12.8.